The van der Waals surface area contributed by atoms with E-state index in [1.54, 1.807) is 4.90 Å². The first kappa shape index (κ1) is 19.6. The highest BCUT2D eigenvalue weighted by molar-refractivity contribution is 7.86. The Labute approximate surface area is 170 Å². The molecule has 1 aliphatic heterocycles. The standard InChI is InChI=1S/C21H23N3O4S/c1-23-19-6-4-3-5-18(19)22-20(23)13-15-7-9-16(10-8-15)21(25)24-12-11-17(14-24)28-29(2,26)27/h3-10,17H,11-14H2,1-2H3. The van der Waals surface area contributed by atoms with E-state index in [4.69, 9.17) is 9.17 Å². The van der Waals surface area contributed by atoms with E-state index in [2.05, 4.69) is 4.57 Å². The Kier molecular flexibility index (Phi) is 5.14. The average molecular weight is 413 g/mol. The van der Waals surface area contributed by atoms with E-state index in [-0.39, 0.29) is 12.5 Å². The van der Waals surface area contributed by atoms with Crippen molar-refractivity contribution in [3.8, 4) is 0 Å². The number of likely N-dealkylation sites (tertiary alicyclic amines) is 1. The number of amides is 1. The monoisotopic (exact) mass is 413 g/mol. The first-order valence-corrected chi connectivity index (χ1v) is 11.3. The van der Waals surface area contributed by atoms with Crippen LogP contribution in [0.3, 0.4) is 0 Å². The lowest BCUT2D eigenvalue weighted by atomic mass is 10.1. The molecule has 1 saturated heterocycles. The lowest BCUT2D eigenvalue weighted by Crippen LogP contribution is -2.30. The summed E-state index contributed by atoms with van der Waals surface area (Å²) < 4.78 is 29.6. The van der Waals surface area contributed by atoms with Crippen molar-refractivity contribution in [3.05, 3.63) is 65.5 Å². The summed E-state index contributed by atoms with van der Waals surface area (Å²) in [5.74, 6) is 0.851. The summed E-state index contributed by atoms with van der Waals surface area (Å²) in [6, 6.07) is 15.5. The quantitative estimate of drug-likeness (QED) is 0.600. The van der Waals surface area contributed by atoms with Crippen molar-refractivity contribution >= 4 is 27.1 Å². The van der Waals surface area contributed by atoms with Gasteiger partial charge in [0.15, 0.2) is 0 Å². The summed E-state index contributed by atoms with van der Waals surface area (Å²) in [7, 11) is -1.51. The number of rotatable bonds is 5. The van der Waals surface area contributed by atoms with Gasteiger partial charge >= 0.3 is 0 Å². The number of imidazole rings is 1. The molecule has 1 unspecified atom stereocenters. The summed E-state index contributed by atoms with van der Waals surface area (Å²) in [6.07, 6.45) is 1.75. The molecule has 0 radical (unpaired) electrons. The molecule has 1 amide bonds. The van der Waals surface area contributed by atoms with Crippen LogP contribution in [0.5, 0.6) is 0 Å². The van der Waals surface area contributed by atoms with Gasteiger partial charge in [-0.25, -0.2) is 4.98 Å². The molecule has 1 aliphatic rings. The molecule has 0 aliphatic carbocycles. The summed E-state index contributed by atoms with van der Waals surface area (Å²) >= 11 is 0. The normalized spacial score (nSPS) is 17.2. The smallest absolute Gasteiger partial charge is 0.264 e. The van der Waals surface area contributed by atoms with Crippen molar-refractivity contribution in [2.24, 2.45) is 7.05 Å². The first-order valence-electron chi connectivity index (χ1n) is 9.47. The van der Waals surface area contributed by atoms with Crippen molar-refractivity contribution in [3.63, 3.8) is 0 Å². The summed E-state index contributed by atoms with van der Waals surface area (Å²) in [5.41, 5.74) is 3.71. The van der Waals surface area contributed by atoms with Crippen LogP contribution in [0.25, 0.3) is 11.0 Å². The summed E-state index contributed by atoms with van der Waals surface area (Å²) in [5, 5.41) is 0. The minimum Gasteiger partial charge on any atom is -0.336 e. The van der Waals surface area contributed by atoms with Gasteiger partial charge < -0.3 is 9.47 Å². The van der Waals surface area contributed by atoms with Crippen LogP contribution in [-0.4, -0.2) is 54.2 Å². The lowest BCUT2D eigenvalue weighted by molar-refractivity contribution is 0.0773. The highest BCUT2D eigenvalue weighted by atomic mass is 32.2. The average Bonchev–Trinajstić information content (AvgIpc) is 3.26. The maximum atomic E-state index is 12.7. The van der Waals surface area contributed by atoms with Crippen LogP contribution >= 0.6 is 0 Å². The van der Waals surface area contributed by atoms with E-state index in [0.717, 1.165) is 28.7 Å². The topological polar surface area (TPSA) is 81.5 Å². The van der Waals surface area contributed by atoms with Gasteiger partial charge in [0.05, 0.1) is 23.4 Å². The molecular formula is C21H23N3O4S. The number of para-hydroxylation sites is 2. The predicted molar refractivity (Wildman–Crippen MR) is 110 cm³/mol. The fourth-order valence-electron chi connectivity index (χ4n) is 3.72. The minimum absolute atomic E-state index is 0.112. The molecular weight excluding hydrogens is 390 g/mol. The van der Waals surface area contributed by atoms with Crippen molar-refractivity contribution in [2.75, 3.05) is 19.3 Å². The van der Waals surface area contributed by atoms with Crippen molar-refractivity contribution < 1.29 is 17.4 Å². The third-order valence-corrected chi connectivity index (χ3v) is 5.81. The first-order chi connectivity index (χ1) is 13.8. The molecule has 0 spiro atoms. The van der Waals surface area contributed by atoms with E-state index in [1.165, 1.54) is 0 Å². The molecule has 1 fully saturated rings. The third-order valence-electron chi connectivity index (χ3n) is 5.19. The molecule has 8 heteroatoms. The molecule has 4 rings (SSSR count). The zero-order valence-corrected chi connectivity index (χ0v) is 17.2. The van der Waals surface area contributed by atoms with Crippen LogP contribution in [0.1, 0.15) is 28.2 Å². The van der Waals surface area contributed by atoms with Gasteiger partial charge in [0.25, 0.3) is 16.0 Å². The molecule has 0 bridgehead atoms. The SMILES string of the molecule is Cn1c(Cc2ccc(C(=O)N3CCC(OS(C)(=O)=O)C3)cc2)nc2ccccc21. The van der Waals surface area contributed by atoms with Gasteiger partial charge in [-0.3, -0.25) is 8.98 Å². The Morgan fingerprint density at radius 1 is 1.17 bits per heavy atom. The van der Waals surface area contributed by atoms with Gasteiger partial charge in [-0.2, -0.15) is 8.42 Å². The van der Waals surface area contributed by atoms with Crippen LogP contribution in [-0.2, 0) is 27.8 Å². The maximum Gasteiger partial charge on any atom is 0.264 e. The van der Waals surface area contributed by atoms with E-state index in [1.807, 2.05) is 55.6 Å². The molecule has 2 heterocycles. The number of carbonyl (C=O) groups is 1. The molecule has 152 valence electrons. The van der Waals surface area contributed by atoms with Crippen LogP contribution in [0.15, 0.2) is 48.5 Å². The maximum absolute atomic E-state index is 12.7. The Morgan fingerprint density at radius 3 is 2.59 bits per heavy atom. The zero-order valence-electron chi connectivity index (χ0n) is 16.4. The number of nitrogens with zero attached hydrogens (tertiary/aromatic N) is 3. The van der Waals surface area contributed by atoms with E-state index in [0.29, 0.717) is 24.9 Å². The van der Waals surface area contributed by atoms with Gasteiger partial charge in [-0.15, -0.1) is 0 Å². The number of benzene rings is 2. The molecule has 1 aromatic heterocycles. The molecule has 0 saturated carbocycles. The number of fused-ring (bicyclic) bond motifs is 1. The lowest BCUT2D eigenvalue weighted by Gasteiger charge is -2.16. The second kappa shape index (κ2) is 7.61. The fourth-order valence-corrected chi connectivity index (χ4v) is 4.37. The third kappa shape index (κ3) is 4.33. The number of hydrogen-bond acceptors (Lipinski definition) is 5. The van der Waals surface area contributed by atoms with Crippen LogP contribution in [0, 0.1) is 0 Å². The molecule has 2 aromatic carbocycles. The van der Waals surface area contributed by atoms with Gasteiger partial charge in [-0.05, 0) is 36.2 Å². The highest BCUT2D eigenvalue weighted by Gasteiger charge is 2.29. The van der Waals surface area contributed by atoms with Crippen LogP contribution in [0.2, 0.25) is 0 Å². The molecule has 7 nitrogen and oxygen atoms in total. The number of carbonyl (C=O) groups excluding carboxylic acids is 1. The Bertz CT molecular complexity index is 1150. The Hall–Kier alpha value is -2.71. The zero-order chi connectivity index (χ0) is 20.6. The van der Waals surface area contributed by atoms with E-state index < -0.39 is 16.2 Å². The Morgan fingerprint density at radius 2 is 1.90 bits per heavy atom. The van der Waals surface area contributed by atoms with Crippen LogP contribution < -0.4 is 0 Å². The Balaban J connectivity index is 1.44. The fraction of sp³-hybridized carbons (Fsp3) is 0.333. The van der Waals surface area contributed by atoms with Gasteiger partial charge in [0.2, 0.25) is 0 Å². The summed E-state index contributed by atoms with van der Waals surface area (Å²) in [6.45, 7) is 0.772. The predicted octanol–water partition coefficient (Wildman–Crippen LogP) is 2.35. The van der Waals surface area contributed by atoms with E-state index in [9.17, 15) is 13.2 Å². The second-order valence-corrected chi connectivity index (χ2v) is 9.01. The number of hydrogen-bond donors (Lipinski definition) is 0. The molecule has 1 atom stereocenters. The van der Waals surface area contributed by atoms with Gasteiger partial charge in [-0.1, -0.05) is 24.3 Å². The van der Waals surface area contributed by atoms with Gasteiger partial charge in [0.1, 0.15) is 5.82 Å². The van der Waals surface area contributed by atoms with Crippen molar-refractivity contribution in [1.82, 2.24) is 14.5 Å². The number of aryl methyl sites for hydroxylation is 1. The molecule has 0 N–H and O–H groups in total. The molecule has 29 heavy (non-hydrogen) atoms. The highest BCUT2D eigenvalue weighted by Crippen LogP contribution is 2.20. The van der Waals surface area contributed by atoms with E-state index >= 15 is 0 Å². The second-order valence-electron chi connectivity index (χ2n) is 7.41. The summed E-state index contributed by atoms with van der Waals surface area (Å²) in [4.78, 5) is 19.0. The number of aromatic nitrogens is 2. The van der Waals surface area contributed by atoms with Crippen molar-refractivity contribution in [1.29, 1.82) is 0 Å². The van der Waals surface area contributed by atoms with Gasteiger partial charge in [0, 0.05) is 32.1 Å². The van der Waals surface area contributed by atoms with Crippen LogP contribution in [0.4, 0.5) is 0 Å². The largest absolute Gasteiger partial charge is 0.336 e. The van der Waals surface area contributed by atoms with Crippen molar-refractivity contribution in [2.45, 2.75) is 18.9 Å². The molecule has 3 aromatic rings. The minimum atomic E-state index is -3.52.